The van der Waals surface area contributed by atoms with E-state index in [1.54, 1.807) is 4.90 Å². The Morgan fingerprint density at radius 3 is 2.39 bits per heavy atom. The van der Waals surface area contributed by atoms with Gasteiger partial charge in [-0.25, -0.2) is 9.79 Å². The SMILES string of the molecule is CCOc1ccc(N=C2S[C@@H](CC(=O)Nc3ccc(C(=O)O)cc3)C(=O)N2CC)cc1. The van der Waals surface area contributed by atoms with Gasteiger partial charge in [0.25, 0.3) is 0 Å². The molecule has 2 N–H and O–H groups in total. The third kappa shape index (κ3) is 5.64. The van der Waals surface area contributed by atoms with Crippen LogP contribution < -0.4 is 10.1 Å². The third-order valence-corrected chi connectivity index (χ3v) is 5.67. The number of ether oxygens (including phenoxy) is 1. The molecule has 0 bridgehead atoms. The molecule has 1 fully saturated rings. The minimum absolute atomic E-state index is 0.0109. The third-order valence-electron chi connectivity index (χ3n) is 4.50. The lowest BCUT2D eigenvalue weighted by Gasteiger charge is -2.13. The first-order valence-corrected chi connectivity index (χ1v) is 10.7. The minimum Gasteiger partial charge on any atom is -0.494 e. The monoisotopic (exact) mass is 441 g/mol. The van der Waals surface area contributed by atoms with E-state index in [9.17, 15) is 14.4 Å². The van der Waals surface area contributed by atoms with Gasteiger partial charge in [-0.05, 0) is 62.4 Å². The van der Waals surface area contributed by atoms with Gasteiger partial charge < -0.3 is 15.2 Å². The molecule has 9 heteroatoms. The van der Waals surface area contributed by atoms with Crippen molar-refractivity contribution in [1.82, 2.24) is 4.90 Å². The van der Waals surface area contributed by atoms with Gasteiger partial charge >= 0.3 is 5.97 Å². The number of aliphatic imine (C=N–C) groups is 1. The maximum Gasteiger partial charge on any atom is 0.335 e. The van der Waals surface area contributed by atoms with E-state index in [2.05, 4.69) is 10.3 Å². The molecular formula is C22H23N3O5S. The second-order valence-electron chi connectivity index (χ2n) is 6.65. The number of thioether (sulfide) groups is 1. The van der Waals surface area contributed by atoms with Crippen LogP contribution in [0.15, 0.2) is 53.5 Å². The highest BCUT2D eigenvalue weighted by Gasteiger charge is 2.38. The van der Waals surface area contributed by atoms with Gasteiger partial charge in [0.2, 0.25) is 11.8 Å². The fraction of sp³-hybridized carbons (Fsp3) is 0.273. The maximum absolute atomic E-state index is 12.7. The smallest absolute Gasteiger partial charge is 0.335 e. The first kappa shape index (κ1) is 22.4. The van der Waals surface area contributed by atoms with Crippen molar-refractivity contribution < 1.29 is 24.2 Å². The second-order valence-corrected chi connectivity index (χ2v) is 7.81. The van der Waals surface area contributed by atoms with E-state index < -0.39 is 11.2 Å². The Kier molecular flexibility index (Phi) is 7.30. The lowest BCUT2D eigenvalue weighted by molar-refractivity contribution is -0.128. The van der Waals surface area contributed by atoms with Crippen LogP contribution in [0.25, 0.3) is 0 Å². The van der Waals surface area contributed by atoms with Crippen molar-refractivity contribution >= 4 is 46.1 Å². The quantitative estimate of drug-likeness (QED) is 0.646. The van der Waals surface area contributed by atoms with E-state index in [4.69, 9.17) is 9.84 Å². The number of rotatable bonds is 8. The van der Waals surface area contributed by atoms with Crippen molar-refractivity contribution in [2.45, 2.75) is 25.5 Å². The summed E-state index contributed by atoms with van der Waals surface area (Å²) < 4.78 is 5.43. The zero-order valence-corrected chi connectivity index (χ0v) is 18.0. The number of anilines is 1. The molecule has 1 heterocycles. The summed E-state index contributed by atoms with van der Waals surface area (Å²) in [4.78, 5) is 42.2. The summed E-state index contributed by atoms with van der Waals surface area (Å²) in [5.41, 5.74) is 1.30. The highest BCUT2D eigenvalue weighted by atomic mass is 32.2. The maximum atomic E-state index is 12.7. The number of hydrogen-bond acceptors (Lipinski definition) is 6. The van der Waals surface area contributed by atoms with Gasteiger partial charge in [-0.1, -0.05) is 11.8 Å². The lowest BCUT2D eigenvalue weighted by Crippen LogP contribution is -2.33. The van der Waals surface area contributed by atoms with E-state index in [0.717, 1.165) is 5.75 Å². The molecule has 2 aromatic rings. The van der Waals surface area contributed by atoms with Crippen LogP contribution in [0, 0.1) is 0 Å². The number of aromatic carboxylic acids is 1. The van der Waals surface area contributed by atoms with E-state index >= 15 is 0 Å². The number of nitrogens with zero attached hydrogens (tertiary/aromatic N) is 2. The Labute approximate surface area is 184 Å². The van der Waals surface area contributed by atoms with Gasteiger partial charge in [-0.15, -0.1) is 0 Å². The molecule has 31 heavy (non-hydrogen) atoms. The van der Waals surface area contributed by atoms with Gasteiger partial charge in [0.05, 0.1) is 17.9 Å². The molecule has 162 valence electrons. The molecule has 8 nitrogen and oxygen atoms in total. The number of carboxylic acids is 1. The van der Waals surface area contributed by atoms with Crippen LogP contribution in [0.2, 0.25) is 0 Å². The predicted molar refractivity (Wildman–Crippen MR) is 120 cm³/mol. The van der Waals surface area contributed by atoms with E-state index in [0.29, 0.717) is 29.7 Å². The molecular weight excluding hydrogens is 418 g/mol. The van der Waals surface area contributed by atoms with Crippen molar-refractivity contribution in [2.24, 2.45) is 4.99 Å². The molecule has 1 atom stereocenters. The Bertz CT molecular complexity index is 989. The van der Waals surface area contributed by atoms with E-state index in [1.807, 2.05) is 38.1 Å². The zero-order chi connectivity index (χ0) is 22.4. The van der Waals surface area contributed by atoms with Crippen LogP contribution in [0.4, 0.5) is 11.4 Å². The van der Waals surface area contributed by atoms with Crippen molar-refractivity contribution in [1.29, 1.82) is 0 Å². The molecule has 0 saturated carbocycles. The molecule has 0 aliphatic carbocycles. The number of amides is 2. The fourth-order valence-electron chi connectivity index (χ4n) is 2.99. The van der Waals surface area contributed by atoms with Gasteiger partial charge in [-0.3, -0.25) is 14.5 Å². The molecule has 0 radical (unpaired) electrons. The van der Waals surface area contributed by atoms with Crippen molar-refractivity contribution in [3.8, 4) is 5.75 Å². The average molecular weight is 442 g/mol. The molecule has 2 amide bonds. The number of amidine groups is 1. The van der Waals surface area contributed by atoms with Crippen molar-refractivity contribution in [2.75, 3.05) is 18.5 Å². The van der Waals surface area contributed by atoms with Crippen molar-refractivity contribution in [3.05, 3.63) is 54.1 Å². The van der Waals surface area contributed by atoms with Crippen LogP contribution in [-0.2, 0) is 9.59 Å². The largest absolute Gasteiger partial charge is 0.494 e. The number of carbonyl (C=O) groups is 3. The van der Waals surface area contributed by atoms with Gasteiger partial charge in [0.15, 0.2) is 5.17 Å². The average Bonchev–Trinajstić information content (AvgIpc) is 3.03. The summed E-state index contributed by atoms with van der Waals surface area (Å²) in [6.45, 7) is 4.81. The molecule has 0 unspecified atom stereocenters. The zero-order valence-electron chi connectivity index (χ0n) is 17.2. The fourth-order valence-corrected chi connectivity index (χ4v) is 4.21. The number of carbonyl (C=O) groups excluding carboxylic acids is 2. The van der Waals surface area contributed by atoms with E-state index in [1.165, 1.54) is 36.0 Å². The Balaban J connectivity index is 1.66. The lowest BCUT2D eigenvalue weighted by atomic mass is 10.2. The Hall–Kier alpha value is -3.33. The second kappa shape index (κ2) is 10.1. The number of nitrogens with one attached hydrogen (secondary N) is 1. The highest BCUT2D eigenvalue weighted by molar-refractivity contribution is 8.15. The number of hydrogen-bond donors (Lipinski definition) is 2. The summed E-state index contributed by atoms with van der Waals surface area (Å²) in [6, 6.07) is 13.1. The number of benzene rings is 2. The van der Waals surface area contributed by atoms with E-state index in [-0.39, 0.29) is 23.8 Å². The van der Waals surface area contributed by atoms with Crippen LogP contribution in [0.1, 0.15) is 30.6 Å². The minimum atomic E-state index is -1.04. The molecule has 1 saturated heterocycles. The van der Waals surface area contributed by atoms with Crippen LogP contribution >= 0.6 is 11.8 Å². The van der Waals surface area contributed by atoms with Crippen LogP contribution in [0.3, 0.4) is 0 Å². The summed E-state index contributed by atoms with van der Waals surface area (Å²) in [6.07, 6.45) is -0.0109. The summed E-state index contributed by atoms with van der Waals surface area (Å²) >= 11 is 1.26. The Morgan fingerprint density at radius 1 is 1.13 bits per heavy atom. The summed E-state index contributed by atoms with van der Waals surface area (Å²) in [5, 5.41) is 11.6. The van der Waals surface area contributed by atoms with Crippen molar-refractivity contribution in [3.63, 3.8) is 0 Å². The summed E-state index contributed by atoms with van der Waals surface area (Å²) in [5.74, 6) is -0.773. The molecule has 3 rings (SSSR count). The molecule has 0 aromatic heterocycles. The first-order chi connectivity index (χ1) is 14.9. The van der Waals surface area contributed by atoms with Gasteiger partial charge in [-0.2, -0.15) is 0 Å². The Morgan fingerprint density at radius 2 is 1.81 bits per heavy atom. The number of carboxylic acid groups (broad SMARTS) is 1. The standard InChI is InChI=1S/C22H23N3O5S/c1-3-25-20(27)18(13-19(26)23-15-7-5-14(6-8-15)21(28)29)31-22(25)24-16-9-11-17(12-10-16)30-4-2/h5-12,18H,3-4,13H2,1-2H3,(H,23,26)(H,28,29)/t18-/m0/s1. The van der Waals surface area contributed by atoms with Gasteiger partial charge in [0.1, 0.15) is 11.0 Å². The molecule has 1 aliphatic heterocycles. The summed E-state index contributed by atoms with van der Waals surface area (Å²) in [7, 11) is 0. The van der Waals surface area contributed by atoms with Crippen LogP contribution in [-0.4, -0.2) is 51.4 Å². The van der Waals surface area contributed by atoms with Gasteiger partial charge in [0, 0.05) is 18.7 Å². The molecule has 0 spiro atoms. The highest BCUT2D eigenvalue weighted by Crippen LogP contribution is 2.32. The van der Waals surface area contributed by atoms with Crippen LogP contribution in [0.5, 0.6) is 5.75 Å². The topological polar surface area (TPSA) is 108 Å². The predicted octanol–water partition coefficient (Wildman–Crippen LogP) is 3.76. The molecule has 2 aromatic carbocycles. The normalized spacial score (nSPS) is 17.1. The first-order valence-electron chi connectivity index (χ1n) is 9.84. The molecule has 1 aliphatic rings.